The Kier molecular flexibility index (Phi) is 9.03. The summed E-state index contributed by atoms with van der Waals surface area (Å²) >= 11 is 0. The number of hydrogen-bond acceptors (Lipinski definition) is 8. The Morgan fingerprint density at radius 2 is 1.77 bits per heavy atom. The van der Waals surface area contributed by atoms with Gasteiger partial charge in [-0.1, -0.05) is 6.92 Å². The van der Waals surface area contributed by atoms with E-state index in [-0.39, 0.29) is 54.4 Å². The van der Waals surface area contributed by atoms with Gasteiger partial charge in [0, 0.05) is 53.5 Å². The molecule has 0 spiro atoms. The van der Waals surface area contributed by atoms with Gasteiger partial charge < -0.3 is 28.7 Å². The third kappa shape index (κ3) is 6.28. The highest BCUT2D eigenvalue weighted by Crippen LogP contribution is 2.29. The number of methoxy groups -OCH3 is 2. The first-order chi connectivity index (χ1) is 16.7. The summed E-state index contributed by atoms with van der Waals surface area (Å²) in [5.41, 5.74) is -0.165. The largest absolute Gasteiger partial charge is 0.490 e. The molecule has 1 aromatic carbocycles. The highest BCUT2D eigenvalue weighted by Gasteiger charge is 2.34. The number of hydrogen-bond donors (Lipinski definition) is 0. The van der Waals surface area contributed by atoms with Gasteiger partial charge in [0.05, 0.1) is 34.7 Å². The predicted molar refractivity (Wildman–Crippen MR) is 126 cm³/mol. The van der Waals surface area contributed by atoms with E-state index in [0.717, 1.165) is 12.8 Å². The lowest BCUT2D eigenvalue weighted by atomic mass is 9.98. The van der Waals surface area contributed by atoms with Crippen LogP contribution in [0.2, 0.25) is 0 Å². The van der Waals surface area contributed by atoms with Crippen molar-refractivity contribution in [3.8, 4) is 5.75 Å². The van der Waals surface area contributed by atoms with E-state index in [1.165, 1.54) is 30.2 Å². The zero-order chi connectivity index (χ0) is 25.7. The molecule has 1 fully saturated rings. The molecule has 1 saturated heterocycles. The highest BCUT2D eigenvalue weighted by molar-refractivity contribution is 5.97. The SMILES string of the molecule is CO[C@@H]1CC[C@H]2CCN(C)C(=O)[C@H](C)[C@H](OC)CN(C)C(=O)c3cc([N+](=O)[O-])ccc3OC[C@H]1O2. The number of carbonyl (C=O) groups is 2. The quantitative estimate of drug-likeness (QED) is 0.464. The molecule has 2 bridgehead atoms. The molecule has 1 aromatic rings. The van der Waals surface area contributed by atoms with E-state index in [2.05, 4.69) is 0 Å². The summed E-state index contributed by atoms with van der Waals surface area (Å²) in [5, 5.41) is 11.4. The van der Waals surface area contributed by atoms with E-state index in [9.17, 15) is 19.7 Å². The molecule has 194 valence electrons. The van der Waals surface area contributed by atoms with Crippen LogP contribution in [-0.2, 0) is 19.0 Å². The number of nitro groups is 1. The minimum Gasteiger partial charge on any atom is -0.490 e. The Morgan fingerprint density at radius 3 is 2.43 bits per heavy atom. The first-order valence-corrected chi connectivity index (χ1v) is 11.8. The third-order valence-electron chi connectivity index (χ3n) is 6.88. The van der Waals surface area contributed by atoms with Crippen molar-refractivity contribution in [1.29, 1.82) is 0 Å². The van der Waals surface area contributed by atoms with Crippen LogP contribution in [0.15, 0.2) is 18.2 Å². The van der Waals surface area contributed by atoms with Crippen LogP contribution in [0, 0.1) is 16.0 Å². The minimum absolute atomic E-state index is 0.0565. The molecule has 0 unspecified atom stereocenters. The van der Waals surface area contributed by atoms with Gasteiger partial charge in [-0.2, -0.15) is 0 Å². The molecule has 35 heavy (non-hydrogen) atoms. The maximum atomic E-state index is 13.4. The van der Waals surface area contributed by atoms with Gasteiger partial charge in [0.15, 0.2) is 0 Å². The van der Waals surface area contributed by atoms with Crippen LogP contribution in [0.25, 0.3) is 0 Å². The number of nitrogens with zero attached hydrogens (tertiary/aromatic N) is 3. The molecule has 2 aliphatic rings. The van der Waals surface area contributed by atoms with Crippen molar-refractivity contribution in [3.05, 3.63) is 33.9 Å². The van der Waals surface area contributed by atoms with Crippen molar-refractivity contribution in [2.24, 2.45) is 5.92 Å². The van der Waals surface area contributed by atoms with Gasteiger partial charge in [0.25, 0.3) is 11.6 Å². The molecule has 0 saturated carbocycles. The Balaban J connectivity index is 1.98. The molecule has 0 N–H and O–H groups in total. The van der Waals surface area contributed by atoms with Crippen molar-refractivity contribution < 1.29 is 33.5 Å². The summed E-state index contributed by atoms with van der Waals surface area (Å²) < 4.78 is 23.4. The third-order valence-corrected chi connectivity index (χ3v) is 6.88. The summed E-state index contributed by atoms with van der Waals surface area (Å²) in [5.74, 6) is -0.854. The number of fused-ring (bicyclic) bond motifs is 3. The molecule has 2 amide bonds. The second kappa shape index (κ2) is 11.8. The van der Waals surface area contributed by atoms with Crippen molar-refractivity contribution in [1.82, 2.24) is 9.80 Å². The molecule has 11 heteroatoms. The number of benzene rings is 1. The van der Waals surface area contributed by atoms with E-state index < -0.39 is 22.9 Å². The monoisotopic (exact) mass is 493 g/mol. The summed E-state index contributed by atoms with van der Waals surface area (Å²) in [6.07, 6.45) is 1.01. The number of ether oxygens (including phenoxy) is 4. The maximum Gasteiger partial charge on any atom is 0.270 e. The smallest absolute Gasteiger partial charge is 0.270 e. The van der Waals surface area contributed by atoms with Gasteiger partial charge in [0.2, 0.25) is 5.91 Å². The normalized spacial score (nSPS) is 28.9. The topological polar surface area (TPSA) is 121 Å². The molecule has 11 nitrogen and oxygen atoms in total. The predicted octanol–water partition coefficient (Wildman–Crippen LogP) is 2.12. The lowest BCUT2D eigenvalue weighted by molar-refractivity contribution is -0.384. The van der Waals surface area contributed by atoms with Crippen LogP contribution < -0.4 is 4.74 Å². The number of non-ortho nitro benzene ring substituents is 1. The number of amides is 2. The van der Waals surface area contributed by atoms with Gasteiger partial charge in [-0.05, 0) is 25.3 Å². The molecule has 0 aliphatic carbocycles. The van der Waals surface area contributed by atoms with Gasteiger partial charge in [0.1, 0.15) is 18.5 Å². The number of rotatable bonds is 3. The van der Waals surface area contributed by atoms with Crippen LogP contribution in [0.4, 0.5) is 5.69 Å². The molecule has 0 radical (unpaired) electrons. The standard InChI is InChI=1S/C24H35N3O8/c1-15-21(33-5)13-26(3)24(29)18-12-16(27(30)31)6-8-19(18)34-14-22-20(32-4)9-7-17(35-22)10-11-25(2)23(15)28/h6,8,12,15,17,20-22H,7,9-11,13-14H2,1-5H3/t15-,17+,20-,21-,22-/m1/s1. The van der Waals surface area contributed by atoms with E-state index >= 15 is 0 Å². The number of carbonyl (C=O) groups excluding carboxylic acids is 2. The molecule has 2 aliphatic heterocycles. The van der Waals surface area contributed by atoms with Crippen LogP contribution in [-0.4, -0.2) is 99.0 Å². The van der Waals surface area contributed by atoms with Crippen LogP contribution in [0.3, 0.4) is 0 Å². The van der Waals surface area contributed by atoms with Gasteiger partial charge in [-0.25, -0.2) is 0 Å². The fourth-order valence-corrected chi connectivity index (χ4v) is 4.61. The van der Waals surface area contributed by atoms with Gasteiger partial charge in [-0.3, -0.25) is 19.7 Å². The zero-order valence-electron chi connectivity index (χ0n) is 21.0. The second-order valence-corrected chi connectivity index (χ2v) is 9.19. The molecule has 5 atom stereocenters. The molecule has 3 rings (SSSR count). The number of likely N-dealkylation sites (N-methyl/N-ethyl adjacent to an activating group) is 1. The first kappa shape index (κ1) is 26.8. The van der Waals surface area contributed by atoms with Crippen molar-refractivity contribution in [2.75, 3.05) is 48.0 Å². The van der Waals surface area contributed by atoms with Crippen molar-refractivity contribution in [2.45, 2.75) is 50.6 Å². The van der Waals surface area contributed by atoms with E-state index in [0.29, 0.717) is 13.0 Å². The van der Waals surface area contributed by atoms with Gasteiger partial charge >= 0.3 is 0 Å². The van der Waals surface area contributed by atoms with Crippen molar-refractivity contribution in [3.63, 3.8) is 0 Å². The summed E-state index contributed by atoms with van der Waals surface area (Å²) in [4.78, 5) is 40.3. The fraction of sp³-hybridized carbons (Fsp3) is 0.667. The average Bonchev–Trinajstić information content (AvgIpc) is 2.86. The molecule has 0 aromatic heterocycles. The first-order valence-electron chi connectivity index (χ1n) is 11.8. The summed E-state index contributed by atoms with van der Waals surface area (Å²) in [7, 11) is 6.43. The Morgan fingerprint density at radius 1 is 1.06 bits per heavy atom. The average molecular weight is 494 g/mol. The minimum atomic E-state index is -0.562. The number of nitro benzene ring substituents is 1. The fourth-order valence-electron chi connectivity index (χ4n) is 4.61. The lowest BCUT2D eigenvalue weighted by Gasteiger charge is -2.37. The summed E-state index contributed by atoms with van der Waals surface area (Å²) in [6.45, 7) is 2.53. The summed E-state index contributed by atoms with van der Waals surface area (Å²) in [6, 6.07) is 3.94. The van der Waals surface area contributed by atoms with E-state index in [1.807, 2.05) is 0 Å². The Hall–Kier alpha value is -2.76. The van der Waals surface area contributed by atoms with E-state index in [1.54, 1.807) is 33.0 Å². The van der Waals surface area contributed by atoms with Crippen LogP contribution in [0.1, 0.15) is 36.5 Å². The zero-order valence-corrected chi connectivity index (χ0v) is 21.0. The molecular formula is C24H35N3O8. The second-order valence-electron chi connectivity index (χ2n) is 9.19. The Bertz CT molecular complexity index is 926. The Labute approximate surface area is 205 Å². The lowest BCUT2D eigenvalue weighted by Crippen LogP contribution is -2.47. The highest BCUT2D eigenvalue weighted by atomic mass is 16.6. The van der Waals surface area contributed by atoms with Crippen LogP contribution >= 0.6 is 0 Å². The van der Waals surface area contributed by atoms with Crippen LogP contribution in [0.5, 0.6) is 5.75 Å². The maximum absolute atomic E-state index is 13.4. The molecular weight excluding hydrogens is 458 g/mol. The molecule has 2 heterocycles. The van der Waals surface area contributed by atoms with E-state index in [4.69, 9.17) is 18.9 Å². The van der Waals surface area contributed by atoms with Crippen molar-refractivity contribution >= 4 is 17.5 Å². The van der Waals surface area contributed by atoms with Gasteiger partial charge in [-0.15, -0.1) is 0 Å².